The van der Waals surface area contributed by atoms with Gasteiger partial charge in [-0.1, -0.05) is 14.9 Å². The van der Waals surface area contributed by atoms with Crippen LogP contribution in [0.4, 0.5) is 0 Å². The summed E-state index contributed by atoms with van der Waals surface area (Å²) in [5.41, 5.74) is 0. The van der Waals surface area contributed by atoms with Crippen molar-refractivity contribution in [3.05, 3.63) is 0 Å². The van der Waals surface area contributed by atoms with E-state index in [1.165, 1.54) is 42.5 Å². The highest BCUT2D eigenvalue weighted by Crippen LogP contribution is 1.85. The molecule has 0 rings (SSSR count). The summed E-state index contributed by atoms with van der Waals surface area (Å²) in [6, 6.07) is 0. The van der Waals surface area contributed by atoms with Gasteiger partial charge in [-0.25, -0.2) is 0 Å². The number of rotatable bonds is 6. The Morgan fingerprint density at radius 3 is 0.897 bits per heavy atom. The predicted octanol–water partition coefficient (Wildman–Crippen LogP) is -0.414. The van der Waals surface area contributed by atoms with Crippen LogP contribution in [-0.4, -0.2) is 78.2 Å². The van der Waals surface area contributed by atoms with E-state index in [1.54, 1.807) is 0 Å². The molecule has 0 spiro atoms. The van der Waals surface area contributed by atoms with E-state index < -0.39 is 23.9 Å². The van der Waals surface area contributed by atoms with Gasteiger partial charge in [-0.2, -0.15) is 0 Å². The molecule has 0 saturated heterocycles. The summed E-state index contributed by atoms with van der Waals surface area (Å²) >= 11 is 0. The Morgan fingerprint density at radius 2 is 0.724 bits per heavy atom. The number of nitrogens with one attached hydrogen (secondary N) is 2. The highest BCUT2D eigenvalue weighted by molar-refractivity contribution is 5.94. The maximum Gasteiger partial charge on any atom is 0.316 e. The monoisotopic (exact) mass is 426 g/mol. The number of hydrogen-bond acceptors (Lipinski definition) is 10. The Bertz CT molecular complexity index is 393. The SMILES string of the molecule is C.C.CNC(=O)CC(=O)OC.CNC(=O)CC(=O)OC.COC(=O)CC(=O)OC. The number of amides is 2. The highest BCUT2D eigenvalue weighted by Gasteiger charge is 2.07. The van der Waals surface area contributed by atoms with Gasteiger partial charge in [0.2, 0.25) is 11.8 Å². The van der Waals surface area contributed by atoms with E-state index in [4.69, 9.17) is 0 Å². The molecule has 0 heterocycles. The topological polar surface area (TPSA) is 163 Å². The van der Waals surface area contributed by atoms with Crippen LogP contribution in [0.1, 0.15) is 34.1 Å². The molecule has 0 aliphatic heterocycles. The van der Waals surface area contributed by atoms with Crippen molar-refractivity contribution in [1.82, 2.24) is 10.6 Å². The van der Waals surface area contributed by atoms with E-state index in [9.17, 15) is 28.8 Å². The largest absolute Gasteiger partial charge is 0.469 e. The van der Waals surface area contributed by atoms with E-state index in [1.807, 2.05) is 0 Å². The van der Waals surface area contributed by atoms with E-state index in [2.05, 4.69) is 29.6 Å². The molecule has 0 aromatic carbocycles. The van der Waals surface area contributed by atoms with Gasteiger partial charge < -0.3 is 29.6 Å². The van der Waals surface area contributed by atoms with Crippen molar-refractivity contribution < 1.29 is 47.7 Å². The number of hydrogen-bond donors (Lipinski definition) is 2. The average molecular weight is 426 g/mol. The Kier molecular flexibility index (Phi) is 31.4. The van der Waals surface area contributed by atoms with Gasteiger partial charge in [-0.05, 0) is 0 Å². The molecule has 0 aromatic heterocycles. The van der Waals surface area contributed by atoms with Gasteiger partial charge >= 0.3 is 23.9 Å². The lowest BCUT2D eigenvalue weighted by atomic mass is 10.4. The summed E-state index contributed by atoms with van der Waals surface area (Å²) in [7, 11) is 7.84. The first kappa shape index (κ1) is 36.7. The second kappa shape index (κ2) is 24.8. The third kappa shape index (κ3) is 29.8. The molecule has 0 bridgehead atoms. The van der Waals surface area contributed by atoms with E-state index >= 15 is 0 Å². The summed E-state index contributed by atoms with van der Waals surface area (Å²) < 4.78 is 16.8. The van der Waals surface area contributed by atoms with Gasteiger partial charge in [-0.3, -0.25) is 28.8 Å². The minimum absolute atomic E-state index is 0. The summed E-state index contributed by atoms with van der Waals surface area (Å²) in [4.78, 5) is 61.9. The van der Waals surface area contributed by atoms with Crippen LogP contribution < -0.4 is 10.6 Å². The maximum atomic E-state index is 10.4. The first-order valence-corrected chi connectivity index (χ1v) is 7.30. The van der Waals surface area contributed by atoms with Crippen molar-refractivity contribution in [2.75, 3.05) is 42.5 Å². The Labute approximate surface area is 171 Å². The van der Waals surface area contributed by atoms with Crippen molar-refractivity contribution >= 4 is 35.7 Å². The van der Waals surface area contributed by atoms with Gasteiger partial charge in [0.1, 0.15) is 19.3 Å². The molecule has 29 heavy (non-hydrogen) atoms. The summed E-state index contributed by atoms with van der Waals surface area (Å²) in [5, 5.41) is 4.58. The second-order valence-electron chi connectivity index (χ2n) is 4.18. The summed E-state index contributed by atoms with van der Waals surface area (Å²) in [6.07, 6.45) is -0.715. The lowest BCUT2D eigenvalue weighted by Gasteiger charge is -1.95. The van der Waals surface area contributed by atoms with Crippen LogP contribution >= 0.6 is 0 Å². The normalized spacial score (nSPS) is 7.66. The molecule has 0 unspecified atom stereocenters. The Balaban J connectivity index is -0.0000000960. The lowest BCUT2D eigenvalue weighted by Crippen LogP contribution is -2.21. The molecule has 0 aromatic rings. The van der Waals surface area contributed by atoms with Crippen molar-refractivity contribution in [2.45, 2.75) is 34.1 Å². The molecule has 0 fully saturated rings. The fourth-order valence-electron chi connectivity index (χ4n) is 0.845. The van der Waals surface area contributed by atoms with Gasteiger partial charge in [0.05, 0.1) is 28.4 Å². The van der Waals surface area contributed by atoms with Gasteiger partial charge in [0, 0.05) is 14.1 Å². The third-order valence-corrected chi connectivity index (χ3v) is 2.37. The molecule has 2 amide bonds. The second-order valence-corrected chi connectivity index (χ2v) is 4.18. The molecule has 172 valence electrons. The van der Waals surface area contributed by atoms with Crippen molar-refractivity contribution in [2.24, 2.45) is 0 Å². The molecule has 12 nitrogen and oxygen atoms in total. The third-order valence-electron chi connectivity index (χ3n) is 2.37. The fourth-order valence-corrected chi connectivity index (χ4v) is 0.845. The molecular formula is C17H34N2O10. The zero-order valence-electron chi connectivity index (χ0n) is 16.2. The van der Waals surface area contributed by atoms with Crippen LogP contribution in [0.15, 0.2) is 0 Å². The summed E-state index contributed by atoms with van der Waals surface area (Å²) in [5.74, 6) is -2.86. The van der Waals surface area contributed by atoms with Crippen molar-refractivity contribution in [3.63, 3.8) is 0 Å². The minimum Gasteiger partial charge on any atom is -0.469 e. The molecule has 2 N–H and O–H groups in total. The van der Waals surface area contributed by atoms with Crippen LogP contribution in [0, 0.1) is 0 Å². The van der Waals surface area contributed by atoms with Crippen LogP contribution in [0.5, 0.6) is 0 Å². The van der Waals surface area contributed by atoms with E-state index in [-0.39, 0.29) is 45.9 Å². The number of carbonyl (C=O) groups is 6. The standard InChI is InChI=1S/2C5H9NO3.C5H8O4.2CH4/c2*1-6-4(7)3-5(8)9-2;1-8-4(6)3-5(7)9-2;;/h2*3H2,1-2H3,(H,6,7);3H2,1-2H3;2*1H4. The van der Waals surface area contributed by atoms with Gasteiger partial charge in [0.15, 0.2) is 0 Å². The van der Waals surface area contributed by atoms with E-state index in [0.717, 1.165) is 0 Å². The fraction of sp³-hybridized carbons (Fsp3) is 0.647. The molecule has 0 aliphatic rings. The lowest BCUT2D eigenvalue weighted by molar-refractivity contribution is -0.151. The molecule has 12 heteroatoms. The first-order valence-electron chi connectivity index (χ1n) is 7.30. The molecule has 0 radical (unpaired) electrons. The smallest absolute Gasteiger partial charge is 0.316 e. The summed E-state index contributed by atoms with van der Waals surface area (Å²) in [6.45, 7) is 0. The van der Waals surface area contributed by atoms with Crippen LogP contribution in [0.3, 0.4) is 0 Å². The number of esters is 4. The van der Waals surface area contributed by atoms with Crippen LogP contribution in [0.25, 0.3) is 0 Å². The van der Waals surface area contributed by atoms with Crippen LogP contribution in [-0.2, 0) is 47.7 Å². The molecule has 0 aliphatic carbocycles. The molecule has 0 atom stereocenters. The van der Waals surface area contributed by atoms with Crippen molar-refractivity contribution in [3.8, 4) is 0 Å². The quantitative estimate of drug-likeness (QED) is 0.324. The predicted molar refractivity (Wildman–Crippen MR) is 104 cm³/mol. The number of methoxy groups -OCH3 is 4. The molecular weight excluding hydrogens is 392 g/mol. The van der Waals surface area contributed by atoms with Crippen LogP contribution in [0.2, 0.25) is 0 Å². The zero-order chi connectivity index (χ0) is 21.8. The maximum absolute atomic E-state index is 10.4. The van der Waals surface area contributed by atoms with E-state index in [0.29, 0.717) is 0 Å². The van der Waals surface area contributed by atoms with Gasteiger partial charge in [0.25, 0.3) is 0 Å². The number of ether oxygens (including phenoxy) is 4. The molecule has 0 saturated carbocycles. The van der Waals surface area contributed by atoms with Crippen molar-refractivity contribution in [1.29, 1.82) is 0 Å². The first-order chi connectivity index (χ1) is 12.6. The Hall–Kier alpha value is -3.18. The zero-order valence-corrected chi connectivity index (χ0v) is 16.2. The Morgan fingerprint density at radius 1 is 0.517 bits per heavy atom. The minimum atomic E-state index is -0.582. The van der Waals surface area contributed by atoms with Gasteiger partial charge in [-0.15, -0.1) is 0 Å². The highest BCUT2D eigenvalue weighted by atomic mass is 16.5. The average Bonchev–Trinajstić information content (AvgIpc) is 2.67. The number of carbonyl (C=O) groups excluding carboxylic acids is 6.